The molecule has 1 aliphatic heterocycles. The molecule has 106 valence electrons. The summed E-state index contributed by atoms with van der Waals surface area (Å²) in [4.78, 5) is 4.41. The van der Waals surface area contributed by atoms with Crippen molar-refractivity contribution in [3.8, 4) is 0 Å². The molecule has 0 radical (unpaired) electrons. The van der Waals surface area contributed by atoms with Crippen LogP contribution >= 0.6 is 11.7 Å². The van der Waals surface area contributed by atoms with Gasteiger partial charge in [-0.15, -0.1) is 0 Å². The van der Waals surface area contributed by atoms with E-state index in [4.69, 9.17) is 0 Å². The zero-order chi connectivity index (χ0) is 13.9. The van der Waals surface area contributed by atoms with Crippen molar-refractivity contribution in [2.24, 2.45) is 0 Å². The molecule has 20 heavy (non-hydrogen) atoms. The second kappa shape index (κ2) is 5.80. The van der Waals surface area contributed by atoms with Crippen molar-refractivity contribution in [1.29, 1.82) is 0 Å². The number of hydrogen-bond acceptors (Lipinski definition) is 5. The van der Waals surface area contributed by atoms with E-state index in [-0.39, 0.29) is 0 Å². The Morgan fingerprint density at radius 2 is 1.90 bits per heavy atom. The Labute approximate surface area is 120 Å². The number of anilines is 1. The first-order chi connectivity index (χ1) is 9.72. The third-order valence-corrected chi connectivity index (χ3v) is 3.90. The van der Waals surface area contributed by atoms with Gasteiger partial charge in [0, 0.05) is 32.7 Å². The first kappa shape index (κ1) is 13.4. The minimum absolute atomic E-state index is 0.639. The molecule has 1 aliphatic rings. The lowest BCUT2D eigenvalue weighted by Gasteiger charge is -2.34. The van der Waals surface area contributed by atoms with Crippen LogP contribution in [-0.4, -0.2) is 39.8 Å². The molecule has 0 saturated carbocycles. The standard InChI is InChI=1S/C13H14F2N4S/c14-11-2-1-10(7-12(11)15)9-18-3-5-19(6-4-18)13-8-16-20-17-13/h1-2,7-8H,3-6,9H2. The van der Waals surface area contributed by atoms with Gasteiger partial charge in [-0.2, -0.15) is 8.75 Å². The van der Waals surface area contributed by atoms with E-state index in [1.165, 1.54) is 23.9 Å². The van der Waals surface area contributed by atoms with Crippen LogP contribution in [0.4, 0.5) is 14.6 Å². The number of halogens is 2. The lowest BCUT2D eigenvalue weighted by molar-refractivity contribution is 0.249. The highest BCUT2D eigenvalue weighted by Crippen LogP contribution is 2.16. The second-order valence-electron chi connectivity index (χ2n) is 4.78. The summed E-state index contributed by atoms with van der Waals surface area (Å²) < 4.78 is 34.3. The highest BCUT2D eigenvalue weighted by atomic mass is 32.1. The van der Waals surface area contributed by atoms with Gasteiger partial charge in [-0.25, -0.2) is 8.78 Å². The van der Waals surface area contributed by atoms with E-state index in [2.05, 4.69) is 18.5 Å². The van der Waals surface area contributed by atoms with Gasteiger partial charge in [-0.05, 0) is 17.7 Å². The molecule has 1 fully saturated rings. The molecule has 0 spiro atoms. The zero-order valence-electron chi connectivity index (χ0n) is 10.8. The number of benzene rings is 1. The first-order valence-corrected chi connectivity index (χ1v) is 7.14. The van der Waals surface area contributed by atoms with Crippen LogP contribution in [-0.2, 0) is 6.54 Å². The Kier molecular flexibility index (Phi) is 3.88. The molecule has 2 aromatic rings. The van der Waals surface area contributed by atoms with Crippen LogP contribution < -0.4 is 4.90 Å². The van der Waals surface area contributed by atoms with Crippen LogP contribution in [0.15, 0.2) is 24.4 Å². The predicted octanol–water partition coefficient (Wildman–Crippen LogP) is 2.14. The predicted molar refractivity (Wildman–Crippen MR) is 73.8 cm³/mol. The monoisotopic (exact) mass is 296 g/mol. The first-order valence-electron chi connectivity index (χ1n) is 6.41. The van der Waals surface area contributed by atoms with Crippen LogP contribution in [0.3, 0.4) is 0 Å². The van der Waals surface area contributed by atoms with E-state index in [9.17, 15) is 8.78 Å². The molecule has 7 heteroatoms. The van der Waals surface area contributed by atoms with Crippen LogP contribution in [0.5, 0.6) is 0 Å². The summed E-state index contributed by atoms with van der Waals surface area (Å²) in [6.07, 6.45) is 1.77. The Hall–Kier alpha value is -1.60. The molecule has 0 amide bonds. The molecule has 0 unspecified atom stereocenters. The summed E-state index contributed by atoms with van der Waals surface area (Å²) in [7, 11) is 0. The quantitative estimate of drug-likeness (QED) is 0.868. The summed E-state index contributed by atoms with van der Waals surface area (Å²) in [6.45, 7) is 4.12. The maximum absolute atomic E-state index is 13.2. The van der Waals surface area contributed by atoms with Crippen LogP contribution in [0.1, 0.15) is 5.56 Å². The summed E-state index contributed by atoms with van der Waals surface area (Å²) >= 11 is 1.21. The minimum Gasteiger partial charge on any atom is -0.352 e. The largest absolute Gasteiger partial charge is 0.352 e. The summed E-state index contributed by atoms with van der Waals surface area (Å²) in [5.74, 6) is -0.660. The molecular formula is C13H14F2N4S. The molecule has 1 aromatic heterocycles. The number of aromatic nitrogens is 2. The van der Waals surface area contributed by atoms with Gasteiger partial charge in [0.15, 0.2) is 17.5 Å². The molecule has 1 aromatic carbocycles. The lowest BCUT2D eigenvalue weighted by atomic mass is 10.2. The van der Waals surface area contributed by atoms with E-state index in [1.54, 1.807) is 12.3 Å². The van der Waals surface area contributed by atoms with Gasteiger partial charge in [0.05, 0.1) is 17.9 Å². The second-order valence-corrected chi connectivity index (χ2v) is 5.33. The van der Waals surface area contributed by atoms with Gasteiger partial charge < -0.3 is 4.90 Å². The molecule has 0 N–H and O–H groups in total. The molecule has 0 atom stereocenters. The average Bonchev–Trinajstić information content (AvgIpc) is 2.98. The molecule has 0 aliphatic carbocycles. The maximum Gasteiger partial charge on any atom is 0.162 e. The smallest absolute Gasteiger partial charge is 0.162 e. The fourth-order valence-electron chi connectivity index (χ4n) is 2.33. The molecular weight excluding hydrogens is 282 g/mol. The number of hydrogen-bond donors (Lipinski definition) is 0. The fraction of sp³-hybridized carbons (Fsp3) is 0.385. The van der Waals surface area contributed by atoms with Gasteiger partial charge in [0.25, 0.3) is 0 Å². The Morgan fingerprint density at radius 1 is 1.10 bits per heavy atom. The van der Waals surface area contributed by atoms with E-state index >= 15 is 0 Å². The number of piperazine rings is 1. The van der Waals surface area contributed by atoms with Gasteiger partial charge in [-0.3, -0.25) is 4.90 Å². The summed E-state index contributed by atoms with van der Waals surface area (Å²) in [5, 5.41) is 0. The summed E-state index contributed by atoms with van der Waals surface area (Å²) in [5.41, 5.74) is 0.799. The topological polar surface area (TPSA) is 32.3 Å². The van der Waals surface area contributed by atoms with Crippen molar-refractivity contribution in [3.05, 3.63) is 41.6 Å². The molecule has 4 nitrogen and oxygen atoms in total. The maximum atomic E-state index is 13.2. The summed E-state index contributed by atoms with van der Waals surface area (Å²) in [6, 6.07) is 4.09. The lowest BCUT2D eigenvalue weighted by Crippen LogP contribution is -2.46. The van der Waals surface area contributed by atoms with Crippen molar-refractivity contribution in [2.75, 3.05) is 31.1 Å². The normalized spacial score (nSPS) is 16.6. The Morgan fingerprint density at radius 3 is 2.55 bits per heavy atom. The van der Waals surface area contributed by atoms with Crippen LogP contribution in [0.25, 0.3) is 0 Å². The van der Waals surface area contributed by atoms with Gasteiger partial charge in [0.2, 0.25) is 0 Å². The zero-order valence-corrected chi connectivity index (χ0v) is 11.6. The van der Waals surface area contributed by atoms with Crippen molar-refractivity contribution in [1.82, 2.24) is 13.6 Å². The van der Waals surface area contributed by atoms with E-state index in [0.717, 1.165) is 37.6 Å². The molecule has 1 saturated heterocycles. The SMILES string of the molecule is Fc1ccc(CN2CCN(c3cnsn3)CC2)cc1F. The third-order valence-electron chi connectivity index (χ3n) is 3.44. The van der Waals surface area contributed by atoms with Crippen molar-refractivity contribution >= 4 is 17.5 Å². The highest BCUT2D eigenvalue weighted by molar-refractivity contribution is 6.99. The molecule has 0 bridgehead atoms. The Bertz CT molecular complexity index is 568. The van der Waals surface area contributed by atoms with E-state index < -0.39 is 11.6 Å². The van der Waals surface area contributed by atoms with Crippen molar-refractivity contribution < 1.29 is 8.78 Å². The number of nitrogens with zero attached hydrogens (tertiary/aromatic N) is 4. The minimum atomic E-state index is -0.797. The fourth-order valence-corrected chi connectivity index (χ4v) is 2.77. The van der Waals surface area contributed by atoms with Crippen LogP contribution in [0.2, 0.25) is 0 Å². The highest BCUT2D eigenvalue weighted by Gasteiger charge is 2.19. The third kappa shape index (κ3) is 2.94. The van der Waals surface area contributed by atoms with E-state index in [1.807, 2.05) is 0 Å². The average molecular weight is 296 g/mol. The van der Waals surface area contributed by atoms with E-state index in [0.29, 0.717) is 6.54 Å². The van der Waals surface area contributed by atoms with Gasteiger partial charge in [-0.1, -0.05) is 6.07 Å². The molecule has 3 rings (SSSR count). The number of rotatable bonds is 3. The van der Waals surface area contributed by atoms with Gasteiger partial charge >= 0.3 is 0 Å². The van der Waals surface area contributed by atoms with Crippen molar-refractivity contribution in [2.45, 2.75) is 6.54 Å². The Balaban J connectivity index is 1.57. The van der Waals surface area contributed by atoms with Gasteiger partial charge in [0.1, 0.15) is 0 Å². The van der Waals surface area contributed by atoms with Crippen molar-refractivity contribution in [3.63, 3.8) is 0 Å². The van der Waals surface area contributed by atoms with Crippen LogP contribution in [0, 0.1) is 11.6 Å². The molecule has 2 heterocycles.